The van der Waals surface area contributed by atoms with Crippen LogP contribution < -0.4 is 11.1 Å². The Morgan fingerprint density at radius 2 is 2.18 bits per heavy atom. The molecule has 0 heterocycles. The van der Waals surface area contributed by atoms with Gasteiger partial charge in [0.05, 0.1) is 0 Å². The van der Waals surface area contributed by atoms with Gasteiger partial charge in [-0.15, -0.1) is 0 Å². The fourth-order valence-electron chi connectivity index (χ4n) is 2.41. The van der Waals surface area contributed by atoms with Crippen LogP contribution in [0.4, 0.5) is 0 Å². The zero-order valence-corrected chi connectivity index (χ0v) is 11.2. The number of nitrogens with one attached hydrogen (secondary N) is 1. The second-order valence-electron chi connectivity index (χ2n) is 5.33. The zero-order chi connectivity index (χ0) is 12.5. The Morgan fingerprint density at radius 1 is 1.41 bits per heavy atom. The van der Waals surface area contributed by atoms with E-state index in [0.29, 0.717) is 12.3 Å². The highest BCUT2D eigenvalue weighted by Gasteiger charge is 2.17. The zero-order valence-electron chi connectivity index (χ0n) is 11.2. The highest BCUT2D eigenvalue weighted by molar-refractivity contribution is 5.75. The van der Waals surface area contributed by atoms with E-state index in [1.165, 1.54) is 25.7 Å². The molecule has 0 aromatic carbocycles. The molecule has 1 aliphatic rings. The molecule has 1 unspecified atom stereocenters. The fourth-order valence-corrected chi connectivity index (χ4v) is 2.41. The van der Waals surface area contributed by atoms with Gasteiger partial charge in [0.1, 0.15) is 0 Å². The lowest BCUT2D eigenvalue weighted by Crippen LogP contribution is -2.27. The third kappa shape index (κ3) is 6.06. The van der Waals surface area contributed by atoms with Gasteiger partial charge in [-0.2, -0.15) is 0 Å². The SMILES string of the molecule is CCC(CCN)CCC(=O)NCCC1CCC1. The van der Waals surface area contributed by atoms with Crippen molar-refractivity contribution in [1.82, 2.24) is 5.32 Å². The number of carbonyl (C=O) groups is 1. The van der Waals surface area contributed by atoms with Crippen molar-refractivity contribution < 1.29 is 4.79 Å². The molecule has 1 fully saturated rings. The molecule has 1 saturated carbocycles. The number of nitrogens with two attached hydrogens (primary N) is 1. The summed E-state index contributed by atoms with van der Waals surface area (Å²) in [6.07, 6.45) is 9.13. The van der Waals surface area contributed by atoms with E-state index in [4.69, 9.17) is 5.73 Å². The van der Waals surface area contributed by atoms with Crippen LogP contribution in [0.15, 0.2) is 0 Å². The standard InChI is InChI=1S/C14H28N2O/c1-2-12(8-10-15)6-7-14(17)16-11-9-13-4-3-5-13/h12-13H,2-11,15H2,1H3,(H,16,17). The molecule has 1 atom stereocenters. The molecular formula is C14H28N2O. The van der Waals surface area contributed by atoms with Gasteiger partial charge >= 0.3 is 0 Å². The summed E-state index contributed by atoms with van der Waals surface area (Å²) in [6, 6.07) is 0. The van der Waals surface area contributed by atoms with Crippen molar-refractivity contribution in [3.8, 4) is 0 Å². The summed E-state index contributed by atoms with van der Waals surface area (Å²) in [6.45, 7) is 3.79. The first-order chi connectivity index (χ1) is 8.26. The van der Waals surface area contributed by atoms with Crippen LogP contribution in [0.2, 0.25) is 0 Å². The van der Waals surface area contributed by atoms with E-state index in [2.05, 4.69) is 12.2 Å². The Bertz CT molecular complexity index is 214. The van der Waals surface area contributed by atoms with E-state index in [9.17, 15) is 4.79 Å². The van der Waals surface area contributed by atoms with E-state index in [-0.39, 0.29) is 5.91 Å². The van der Waals surface area contributed by atoms with Crippen LogP contribution in [-0.2, 0) is 4.79 Å². The van der Waals surface area contributed by atoms with Crippen LogP contribution in [0.5, 0.6) is 0 Å². The van der Waals surface area contributed by atoms with Crippen molar-refractivity contribution in [3.05, 3.63) is 0 Å². The smallest absolute Gasteiger partial charge is 0.220 e. The van der Waals surface area contributed by atoms with E-state index in [1.807, 2.05) is 0 Å². The predicted octanol–water partition coefficient (Wildman–Crippen LogP) is 2.45. The number of amides is 1. The lowest BCUT2D eigenvalue weighted by Gasteiger charge is -2.25. The Kier molecular flexibility index (Phi) is 7.25. The maximum absolute atomic E-state index is 11.6. The Hall–Kier alpha value is -0.570. The molecule has 17 heavy (non-hydrogen) atoms. The van der Waals surface area contributed by atoms with Gasteiger partial charge in [-0.1, -0.05) is 32.6 Å². The van der Waals surface area contributed by atoms with Gasteiger partial charge in [0, 0.05) is 13.0 Å². The van der Waals surface area contributed by atoms with Crippen LogP contribution in [0.25, 0.3) is 0 Å². The number of rotatable bonds is 9. The van der Waals surface area contributed by atoms with Crippen LogP contribution in [-0.4, -0.2) is 19.0 Å². The van der Waals surface area contributed by atoms with E-state index in [1.54, 1.807) is 0 Å². The number of hydrogen-bond donors (Lipinski definition) is 2. The molecule has 0 aromatic heterocycles. The van der Waals surface area contributed by atoms with Gasteiger partial charge in [-0.3, -0.25) is 4.79 Å². The molecule has 1 rings (SSSR count). The molecule has 0 aliphatic heterocycles. The molecule has 0 aromatic rings. The van der Waals surface area contributed by atoms with Crippen molar-refractivity contribution in [2.45, 2.75) is 58.3 Å². The lowest BCUT2D eigenvalue weighted by atomic mass is 9.83. The van der Waals surface area contributed by atoms with Crippen LogP contribution in [0, 0.1) is 11.8 Å². The maximum atomic E-state index is 11.6. The summed E-state index contributed by atoms with van der Waals surface area (Å²) in [5.74, 6) is 1.73. The average molecular weight is 240 g/mol. The predicted molar refractivity (Wildman–Crippen MR) is 71.7 cm³/mol. The summed E-state index contributed by atoms with van der Waals surface area (Å²) >= 11 is 0. The first-order valence-corrected chi connectivity index (χ1v) is 7.23. The summed E-state index contributed by atoms with van der Waals surface area (Å²) in [4.78, 5) is 11.6. The largest absolute Gasteiger partial charge is 0.356 e. The Morgan fingerprint density at radius 3 is 2.71 bits per heavy atom. The maximum Gasteiger partial charge on any atom is 0.220 e. The van der Waals surface area contributed by atoms with Gasteiger partial charge in [0.25, 0.3) is 0 Å². The molecule has 100 valence electrons. The molecule has 3 nitrogen and oxygen atoms in total. The molecule has 3 N–H and O–H groups in total. The van der Waals surface area contributed by atoms with Crippen molar-refractivity contribution >= 4 is 5.91 Å². The summed E-state index contributed by atoms with van der Waals surface area (Å²) in [5, 5.41) is 3.03. The van der Waals surface area contributed by atoms with Gasteiger partial charge in [0.15, 0.2) is 0 Å². The minimum atomic E-state index is 0.222. The second-order valence-corrected chi connectivity index (χ2v) is 5.33. The topological polar surface area (TPSA) is 55.1 Å². The van der Waals surface area contributed by atoms with Crippen molar-refractivity contribution in [2.24, 2.45) is 17.6 Å². The Balaban J connectivity index is 1.99. The summed E-state index contributed by atoms with van der Waals surface area (Å²) in [5.41, 5.74) is 5.55. The van der Waals surface area contributed by atoms with Gasteiger partial charge in [-0.05, 0) is 37.6 Å². The molecule has 1 amide bonds. The van der Waals surface area contributed by atoms with Gasteiger partial charge < -0.3 is 11.1 Å². The van der Waals surface area contributed by atoms with E-state index >= 15 is 0 Å². The third-order valence-corrected chi connectivity index (χ3v) is 4.03. The van der Waals surface area contributed by atoms with Crippen LogP contribution in [0.1, 0.15) is 58.3 Å². The second kappa shape index (κ2) is 8.51. The summed E-state index contributed by atoms with van der Waals surface area (Å²) in [7, 11) is 0. The van der Waals surface area contributed by atoms with Crippen molar-refractivity contribution in [3.63, 3.8) is 0 Å². The van der Waals surface area contributed by atoms with E-state index in [0.717, 1.165) is 38.3 Å². The van der Waals surface area contributed by atoms with Crippen molar-refractivity contribution in [2.75, 3.05) is 13.1 Å². The molecule has 0 bridgehead atoms. The fraction of sp³-hybridized carbons (Fsp3) is 0.929. The molecule has 3 heteroatoms. The molecule has 0 spiro atoms. The van der Waals surface area contributed by atoms with Gasteiger partial charge in [-0.25, -0.2) is 0 Å². The summed E-state index contributed by atoms with van der Waals surface area (Å²) < 4.78 is 0. The molecular weight excluding hydrogens is 212 g/mol. The molecule has 0 radical (unpaired) electrons. The van der Waals surface area contributed by atoms with Gasteiger partial charge in [0.2, 0.25) is 5.91 Å². The van der Waals surface area contributed by atoms with Crippen molar-refractivity contribution in [1.29, 1.82) is 0 Å². The van der Waals surface area contributed by atoms with E-state index < -0.39 is 0 Å². The number of carbonyl (C=O) groups excluding carboxylic acids is 1. The first-order valence-electron chi connectivity index (χ1n) is 7.23. The highest BCUT2D eigenvalue weighted by Crippen LogP contribution is 2.28. The number of hydrogen-bond acceptors (Lipinski definition) is 2. The average Bonchev–Trinajstić information content (AvgIpc) is 2.27. The highest BCUT2D eigenvalue weighted by atomic mass is 16.1. The normalized spacial score (nSPS) is 17.5. The van der Waals surface area contributed by atoms with Crippen LogP contribution in [0.3, 0.4) is 0 Å². The third-order valence-electron chi connectivity index (χ3n) is 4.03. The lowest BCUT2D eigenvalue weighted by molar-refractivity contribution is -0.121. The molecule has 1 aliphatic carbocycles. The first kappa shape index (κ1) is 14.5. The molecule has 0 saturated heterocycles. The Labute approximate surface area is 106 Å². The minimum absolute atomic E-state index is 0.222. The quantitative estimate of drug-likeness (QED) is 0.650. The monoisotopic (exact) mass is 240 g/mol. The van der Waals surface area contributed by atoms with Crippen LogP contribution >= 0.6 is 0 Å². The minimum Gasteiger partial charge on any atom is -0.356 e.